The lowest BCUT2D eigenvalue weighted by molar-refractivity contribution is 0.643. The number of hydrogen-bond acceptors (Lipinski definition) is 2. The van der Waals surface area contributed by atoms with E-state index in [2.05, 4.69) is 11.4 Å². The third kappa shape index (κ3) is 2.18. The van der Waals surface area contributed by atoms with Gasteiger partial charge in [0.15, 0.2) is 0 Å². The van der Waals surface area contributed by atoms with Crippen LogP contribution in [0.5, 0.6) is 0 Å². The van der Waals surface area contributed by atoms with Gasteiger partial charge in [0.1, 0.15) is 5.49 Å². The van der Waals surface area contributed by atoms with E-state index in [4.69, 9.17) is 5.41 Å². The number of nitrogens with one attached hydrogen (secondary N) is 2. The van der Waals surface area contributed by atoms with Gasteiger partial charge in [-0.3, -0.25) is 5.41 Å². The highest BCUT2D eigenvalue weighted by molar-refractivity contribution is 5.25. The summed E-state index contributed by atoms with van der Waals surface area (Å²) in [5, 5.41) is 11.3. The van der Waals surface area contributed by atoms with Crippen molar-refractivity contribution in [3.8, 4) is 0 Å². The highest BCUT2D eigenvalue weighted by Gasteiger charge is 2.15. The predicted octanol–water partition coefficient (Wildman–Crippen LogP) is 1.88. The van der Waals surface area contributed by atoms with Crippen molar-refractivity contribution in [3.63, 3.8) is 0 Å². The molecule has 0 bridgehead atoms. The molecule has 15 heavy (non-hydrogen) atoms. The van der Waals surface area contributed by atoms with E-state index in [1.54, 1.807) is 0 Å². The third-order valence-electron chi connectivity index (χ3n) is 2.78. The van der Waals surface area contributed by atoms with Gasteiger partial charge in [0.05, 0.1) is 0 Å². The summed E-state index contributed by atoms with van der Waals surface area (Å²) < 4.78 is 1.82. The van der Waals surface area contributed by atoms with E-state index in [1.807, 2.05) is 36.0 Å². The molecule has 0 radical (unpaired) electrons. The fourth-order valence-electron chi connectivity index (χ4n) is 2.00. The van der Waals surface area contributed by atoms with Crippen LogP contribution in [0.2, 0.25) is 0 Å². The van der Waals surface area contributed by atoms with Gasteiger partial charge in [0, 0.05) is 18.4 Å². The van der Waals surface area contributed by atoms with Crippen molar-refractivity contribution < 1.29 is 0 Å². The Morgan fingerprint density at radius 2 is 2.47 bits per heavy atom. The van der Waals surface area contributed by atoms with Gasteiger partial charge in [-0.1, -0.05) is 6.08 Å². The fraction of sp³-hybridized carbons (Fsp3) is 0.417. The molecule has 0 spiro atoms. The first-order valence-corrected chi connectivity index (χ1v) is 5.44. The zero-order valence-corrected chi connectivity index (χ0v) is 9.03. The van der Waals surface area contributed by atoms with Crippen LogP contribution < -0.4 is 10.8 Å². The maximum atomic E-state index is 7.86. The van der Waals surface area contributed by atoms with E-state index in [-0.39, 0.29) is 0 Å². The molecule has 2 N–H and O–H groups in total. The van der Waals surface area contributed by atoms with Crippen molar-refractivity contribution in [1.29, 1.82) is 5.41 Å². The molecule has 0 saturated carbocycles. The summed E-state index contributed by atoms with van der Waals surface area (Å²) in [5.74, 6) is 0. The van der Waals surface area contributed by atoms with Crippen molar-refractivity contribution in [1.82, 2.24) is 9.88 Å². The van der Waals surface area contributed by atoms with Gasteiger partial charge in [-0.05, 0) is 44.0 Å². The number of nitrogens with zero attached hydrogens (tertiary/aromatic N) is 1. The molecule has 1 aliphatic rings. The Balaban J connectivity index is 2.28. The molecule has 80 valence electrons. The minimum atomic E-state index is 0.453. The minimum Gasteiger partial charge on any atom is -0.310 e. The molecule has 1 saturated heterocycles. The first-order chi connectivity index (χ1) is 7.31. The molecule has 1 aliphatic heterocycles. The first kappa shape index (κ1) is 10.2. The Labute approximate surface area is 90.0 Å². The van der Waals surface area contributed by atoms with Crippen LogP contribution in [-0.2, 0) is 0 Å². The van der Waals surface area contributed by atoms with Crippen LogP contribution in [0, 0.1) is 5.41 Å². The summed E-state index contributed by atoms with van der Waals surface area (Å²) in [4.78, 5) is 0. The maximum absolute atomic E-state index is 7.86. The zero-order chi connectivity index (χ0) is 10.7. The molecule has 2 heterocycles. The van der Waals surface area contributed by atoms with Gasteiger partial charge < -0.3 is 9.88 Å². The number of allylic oxidation sites excluding steroid dienone is 1. The van der Waals surface area contributed by atoms with E-state index < -0.39 is 0 Å². The largest absolute Gasteiger partial charge is 0.310 e. The van der Waals surface area contributed by atoms with Crippen molar-refractivity contribution in [3.05, 3.63) is 35.5 Å². The van der Waals surface area contributed by atoms with Crippen LogP contribution in [0.15, 0.2) is 24.4 Å². The Kier molecular flexibility index (Phi) is 3.02. The molecule has 0 aliphatic carbocycles. The molecule has 0 aromatic carbocycles. The van der Waals surface area contributed by atoms with Gasteiger partial charge in [-0.25, -0.2) is 0 Å². The Morgan fingerprint density at radius 1 is 1.60 bits per heavy atom. The average Bonchev–Trinajstić information content (AvgIpc) is 2.74. The molecule has 0 amide bonds. The molecule has 3 heteroatoms. The van der Waals surface area contributed by atoms with Crippen LogP contribution in [-0.4, -0.2) is 11.1 Å². The van der Waals surface area contributed by atoms with Crippen molar-refractivity contribution in [2.75, 3.05) is 6.54 Å². The monoisotopic (exact) mass is 203 g/mol. The second-order valence-electron chi connectivity index (χ2n) is 3.88. The lowest BCUT2D eigenvalue weighted by Crippen LogP contribution is -2.19. The Hall–Kier alpha value is -1.35. The quantitative estimate of drug-likeness (QED) is 0.757. The first-order valence-electron chi connectivity index (χ1n) is 5.44. The Bertz CT molecular complexity index is 411. The van der Waals surface area contributed by atoms with Gasteiger partial charge >= 0.3 is 0 Å². The van der Waals surface area contributed by atoms with Crippen molar-refractivity contribution in [2.45, 2.75) is 25.8 Å². The smallest absolute Gasteiger partial charge is 0.129 e. The van der Waals surface area contributed by atoms with Crippen LogP contribution in [0.4, 0.5) is 0 Å². The zero-order valence-electron chi connectivity index (χ0n) is 9.03. The van der Waals surface area contributed by atoms with Gasteiger partial charge in [-0.15, -0.1) is 0 Å². The Morgan fingerprint density at radius 3 is 3.07 bits per heavy atom. The summed E-state index contributed by atoms with van der Waals surface area (Å²) in [7, 11) is 0. The number of aromatic nitrogens is 1. The summed E-state index contributed by atoms with van der Waals surface area (Å²) in [6.07, 6.45) is 8.21. The predicted molar refractivity (Wildman–Crippen MR) is 61.3 cm³/mol. The van der Waals surface area contributed by atoms with E-state index >= 15 is 0 Å². The topological polar surface area (TPSA) is 40.8 Å². The highest BCUT2D eigenvalue weighted by atomic mass is 15.0. The van der Waals surface area contributed by atoms with Gasteiger partial charge in [0.2, 0.25) is 0 Å². The lowest BCUT2D eigenvalue weighted by Gasteiger charge is -2.11. The molecule has 1 aromatic heterocycles. The molecule has 1 atom stereocenters. The second kappa shape index (κ2) is 4.45. The molecular weight excluding hydrogens is 186 g/mol. The highest BCUT2D eigenvalue weighted by Crippen LogP contribution is 2.21. The van der Waals surface area contributed by atoms with Crippen molar-refractivity contribution in [2.24, 2.45) is 0 Å². The fourth-order valence-corrected chi connectivity index (χ4v) is 2.00. The normalized spacial score (nSPS) is 21.3. The van der Waals surface area contributed by atoms with E-state index in [1.165, 1.54) is 18.4 Å². The molecular formula is C12H17N3. The van der Waals surface area contributed by atoms with Crippen LogP contribution in [0.1, 0.15) is 31.4 Å². The van der Waals surface area contributed by atoms with Gasteiger partial charge in [-0.2, -0.15) is 0 Å². The van der Waals surface area contributed by atoms with Crippen LogP contribution >= 0.6 is 0 Å². The van der Waals surface area contributed by atoms with E-state index in [0.717, 1.165) is 6.54 Å². The molecule has 1 fully saturated rings. The van der Waals surface area contributed by atoms with Crippen molar-refractivity contribution >= 4 is 6.20 Å². The molecule has 3 nitrogen and oxygen atoms in total. The summed E-state index contributed by atoms with van der Waals surface area (Å²) in [5.41, 5.74) is 1.78. The SMILES string of the molecule is C/C=C\n1ccc(C2CCCN2)cc1=N. The summed E-state index contributed by atoms with van der Waals surface area (Å²) >= 11 is 0. The number of pyridine rings is 1. The molecule has 1 aromatic rings. The number of hydrogen-bond donors (Lipinski definition) is 2. The van der Waals surface area contributed by atoms with E-state index in [0.29, 0.717) is 11.5 Å². The van der Waals surface area contributed by atoms with Crippen LogP contribution in [0.3, 0.4) is 0 Å². The standard InChI is InChI=1S/C12H17N3/c1-2-7-15-8-5-10(9-12(15)13)11-4-3-6-14-11/h2,5,7-9,11,13-14H,3-4,6H2,1H3/b7-2-,13-12?. The number of rotatable bonds is 2. The maximum Gasteiger partial charge on any atom is 0.129 e. The summed E-state index contributed by atoms with van der Waals surface area (Å²) in [6.45, 7) is 3.06. The molecule has 2 rings (SSSR count). The lowest BCUT2D eigenvalue weighted by atomic mass is 10.1. The van der Waals surface area contributed by atoms with Gasteiger partial charge in [0.25, 0.3) is 0 Å². The third-order valence-corrected chi connectivity index (χ3v) is 2.78. The van der Waals surface area contributed by atoms with E-state index in [9.17, 15) is 0 Å². The summed E-state index contributed by atoms with van der Waals surface area (Å²) in [6, 6.07) is 4.50. The second-order valence-corrected chi connectivity index (χ2v) is 3.88. The minimum absolute atomic E-state index is 0.453. The molecule has 1 unspecified atom stereocenters. The van der Waals surface area contributed by atoms with Crippen LogP contribution in [0.25, 0.3) is 6.20 Å². The average molecular weight is 203 g/mol.